The smallest absolute Gasteiger partial charge is 0.126 e. The first kappa shape index (κ1) is 13.7. The van der Waals surface area contributed by atoms with Crippen molar-refractivity contribution in [2.45, 2.75) is 12.5 Å². The molecule has 0 aromatic heterocycles. The first-order chi connectivity index (χ1) is 9.30. The van der Waals surface area contributed by atoms with Gasteiger partial charge in [-0.3, -0.25) is 4.90 Å². The van der Waals surface area contributed by atoms with Gasteiger partial charge in [0.15, 0.2) is 0 Å². The van der Waals surface area contributed by atoms with E-state index in [1.165, 1.54) is 0 Å². The molecule has 102 valence electrons. The highest BCUT2D eigenvalue weighted by Crippen LogP contribution is 2.33. The predicted octanol–water partition coefficient (Wildman–Crippen LogP) is 2.67. The molecular formula is C16H21NO2. The lowest BCUT2D eigenvalue weighted by Gasteiger charge is -2.34. The van der Waals surface area contributed by atoms with Crippen molar-refractivity contribution in [3.63, 3.8) is 0 Å². The van der Waals surface area contributed by atoms with Crippen LogP contribution < -0.4 is 9.47 Å². The SMILES string of the molecule is C=CCN(CC=C)C1COc2cccc(OC)c2C1. The Bertz CT molecular complexity index is 432. The third kappa shape index (κ3) is 2.99. The Morgan fingerprint density at radius 1 is 1.37 bits per heavy atom. The maximum atomic E-state index is 5.86. The van der Waals surface area contributed by atoms with E-state index in [2.05, 4.69) is 18.1 Å². The van der Waals surface area contributed by atoms with Crippen molar-refractivity contribution >= 4 is 0 Å². The second-order valence-electron chi connectivity index (χ2n) is 4.64. The zero-order chi connectivity index (χ0) is 13.7. The highest BCUT2D eigenvalue weighted by Gasteiger charge is 2.26. The van der Waals surface area contributed by atoms with Crippen molar-refractivity contribution in [3.05, 3.63) is 49.1 Å². The summed E-state index contributed by atoms with van der Waals surface area (Å²) in [5, 5.41) is 0. The average molecular weight is 259 g/mol. The molecule has 19 heavy (non-hydrogen) atoms. The second kappa shape index (κ2) is 6.43. The largest absolute Gasteiger partial charge is 0.496 e. The summed E-state index contributed by atoms with van der Waals surface area (Å²) in [6.07, 6.45) is 4.77. The molecule has 1 heterocycles. The molecule has 0 N–H and O–H groups in total. The number of fused-ring (bicyclic) bond motifs is 1. The van der Waals surface area contributed by atoms with Crippen molar-refractivity contribution < 1.29 is 9.47 Å². The van der Waals surface area contributed by atoms with E-state index >= 15 is 0 Å². The fourth-order valence-corrected chi connectivity index (χ4v) is 2.49. The van der Waals surface area contributed by atoms with Crippen LogP contribution in [0.3, 0.4) is 0 Å². The molecule has 1 unspecified atom stereocenters. The molecular weight excluding hydrogens is 238 g/mol. The summed E-state index contributed by atoms with van der Waals surface area (Å²) in [6.45, 7) is 10.0. The summed E-state index contributed by atoms with van der Waals surface area (Å²) in [4.78, 5) is 2.31. The Hall–Kier alpha value is -1.74. The van der Waals surface area contributed by atoms with Crippen LogP contribution in [0.2, 0.25) is 0 Å². The number of methoxy groups -OCH3 is 1. The minimum absolute atomic E-state index is 0.333. The summed E-state index contributed by atoms with van der Waals surface area (Å²) in [6, 6.07) is 6.28. The van der Waals surface area contributed by atoms with Gasteiger partial charge in [0.1, 0.15) is 18.1 Å². The number of ether oxygens (including phenoxy) is 2. The summed E-state index contributed by atoms with van der Waals surface area (Å²) in [5.41, 5.74) is 1.15. The molecule has 1 atom stereocenters. The normalized spacial score (nSPS) is 17.5. The lowest BCUT2D eigenvalue weighted by molar-refractivity contribution is 0.139. The van der Waals surface area contributed by atoms with Gasteiger partial charge >= 0.3 is 0 Å². The van der Waals surface area contributed by atoms with Crippen LogP contribution in [0.25, 0.3) is 0 Å². The third-order valence-corrected chi connectivity index (χ3v) is 3.42. The molecule has 1 aliphatic rings. The highest BCUT2D eigenvalue weighted by atomic mass is 16.5. The fraction of sp³-hybridized carbons (Fsp3) is 0.375. The van der Waals surface area contributed by atoms with Crippen LogP contribution in [-0.2, 0) is 6.42 Å². The van der Waals surface area contributed by atoms with Crippen molar-refractivity contribution in [2.24, 2.45) is 0 Å². The van der Waals surface area contributed by atoms with Crippen molar-refractivity contribution in [3.8, 4) is 11.5 Å². The standard InChI is InChI=1S/C16H21NO2/c1-4-9-17(10-5-2)13-11-14-15(18-3)7-6-8-16(14)19-12-13/h4-8,13H,1-2,9-12H2,3H3. The Labute approximate surface area is 115 Å². The van der Waals surface area contributed by atoms with E-state index in [1.54, 1.807) is 7.11 Å². The topological polar surface area (TPSA) is 21.7 Å². The summed E-state index contributed by atoms with van der Waals surface area (Å²) in [5.74, 6) is 1.84. The minimum Gasteiger partial charge on any atom is -0.496 e. The number of rotatable bonds is 6. The Kier molecular flexibility index (Phi) is 4.63. The van der Waals surface area contributed by atoms with Gasteiger partial charge in [0.2, 0.25) is 0 Å². The molecule has 0 radical (unpaired) electrons. The number of nitrogens with zero attached hydrogens (tertiary/aromatic N) is 1. The predicted molar refractivity (Wildman–Crippen MR) is 77.9 cm³/mol. The first-order valence-electron chi connectivity index (χ1n) is 6.54. The molecule has 1 aliphatic heterocycles. The quantitative estimate of drug-likeness (QED) is 0.733. The van der Waals surface area contributed by atoms with Gasteiger partial charge in [-0.15, -0.1) is 13.2 Å². The molecule has 0 fully saturated rings. The first-order valence-corrected chi connectivity index (χ1v) is 6.54. The van der Waals surface area contributed by atoms with Crippen LogP contribution in [0.5, 0.6) is 11.5 Å². The minimum atomic E-state index is 0.333. The zero-order valence-corrected chi connectivity index (χ0v) is 11.5. The summed E-state index contributed by atoms with van der Waals surface area (Å²) >= 11 is 0. The van der Waals surface area contributed by atoms with E-state index in [-0.39, 0.29) is 0 Å². The molecule has 0 bridgehead atoms. The van der Waals surface area contributed by atoms with E-state index < -0.39 is 0 Å². The van der Waals surface area contributed by atoms with E-state index in [0.717, 1.165) is 36.6 Å². The highest BCUT2D eigenvalue weighted by molar-refractivity contribution is 5.46. The van der Waals surface area contributed by atoms with E-state index in [0.29, 0.717) is 12.6 Å². The van der Waals surface area contributed by atoms with Gasteiger partial charge in [0, 0.05) is 24.7 Å². The molecule has 3 nitrogen and oxygen atoms in total. The molecule has 0 amide bonds. The molecule has 0 saturated heterocycles. The second-order valence-corrected chi connectivity index (χ2v) is 4.64. The molecule has 2 rings (SSSR count). The Balaban J connectivity index is 2.19. The van der Waals surface area contributed by atoms with Gasteiger partial charge < -0.3 is 9.47 Å². The Morgan fingerprint density at radius 3 is 2.74 bits per heavy atom. The molecule has 3 heteroatoms. The molecule has 0 spiro atoms. The van der Waals surface area contributed by atoms with Gasteiger partial charge in [-0.1, -0.05) is 18.2 Å². The molecule has 0 aliphatic carbocycles. The van der Waals surface area contributed by atoms with E-state index in [4.69, 9.17) is 9.47 Å². The van der Waals surface area contributed by atoms with Gasteiger partial charge in [-0.2, -0.15) is 0 Å². The fourth-order valence-electron chi connectivity index (χ4n) is 2.49. The van der Waals surface area contributed by atoms with Crippen LogP contribution in [0.15, 0.2) is 43.5 Å². The maximum absolute atomic E-state index is 5.86. The Morgan fingerprint density at radius 2 is 2.11 bits per heavy atom. The number of hydrogen-bond acceptors (Lipinski definition) is 3. The van der Waals surface area contributed by atoms with Crippen LogP contribution >= 0.6 is 0 Å². The average Bonchev–Trinajstić information content (AvgIpc) is 2.46. The van der Waals surface area contributed by atoms with Crippen molar-refractivity contribution in [1.29, 1.82) is 0 Å². The van der Waals surface area contributed by atoms with Gasteiger partial charge in [-0.25, -0.2) is 0 Å². The maximum Gasteiger partial charge on any atom is 0.126 e. The van der Waals surface area contributed by atoms with Gasteiger partial charge in [0.05, 0.1) is 7.11 Å². The zero-order valence-electron chi connectivity index (χ0n) is 11.5. The summed E-state index contributed by atoms with van der Waals surface area (Å²) < 4.78 is 11.3. The van der Waals surface area contributed by atoms with E-state index in [1.807, 2.05) is 30.4 Å². The number of hydrogen-bond donors (Lipinski definition) is 0. The van der Waals surface area contributed by atoms with Crippen LogP contribution in [-0.4, -0.2) is 37.7 Å². The van der Waals surface area contributed by atoms with E-state index in [9.17, 15) is 0 Å². The monoisotopic (exact) mass is 259 g/mol. The molecule has 1 aromatic rings. The lowest BCUT2D eigenvalue weighted by Crippen LogP contribution is -2.43. The molecule has 1 aromatic carbocycles. The number of benzene rings is 1. The summed E-state index contributed by atoms with van der Waals surface area (Å²) in [7, 11) is 1.70. The van der Waals surface area contributed by atoms with Crippen molar-refractivity contribution in [2.75, 3.05) is 26.8 Å². The lowest BCUT2D eigenvalue weighted by atomic mass is 10.00. The van der Waals surface area contributed by atoms with Gasteiger partial charge in [0.25, 0.3) is 0 Å². The van der Waals surface area contributed by atoms with Crippen molar-refractivity contribution in [1.82, 2.24) is 4.90 Å². The van der Waals surface area contributed by atoms with Gasteiger partial charge in [-0.05, 0) is 18.6 Å². The van der Waals surface area contributed by atoms with Crippen LogP contribution in [0.1, 0.15) is 5.56 Å². The third-order valence-electron chi connectivity index (χ3n) is 3.42. The molecule has 0 saturated carbocycles. The van der Waals surface area contributed by atoms with Crippen LogP contribution in [0.4, 0.5) is 0 Å². The van der Waals surface area contributed by atoms with Crippen LogP contribution in [0, 0.1) is 0 Å².